The molecule has 0 radical (unpaired) electrons. The first kappa shape index (κ1) is 16.2. The Bertz CT molecular complexity index is 435. The lowest BCUT2D eigenvalue weighted by Gasteiger charge is -2.25. The van der Waals surface area contributed by atoms with Gasteiger partial charge >= 0.3 is 12.1 Å². The average molecular weight is 303 g/mol. The minimum atomic E-state index is -4.61. The summed E-state index contributed by atoms with van der Waals surface area (Å²) < 4.78 is 65.6. The van der Waals surface area contributed by atoms with E-state index in [0.29, 0.717) is 12.8 Å². The minimum Gasteiger partial charge on any atom is -0.469 e. The number of alkyl halides is 3. The van der Waals surface area contributed by atoms with E-state index >= 15 is 0 Å². The van der Waals surface area contributed by atoms with E-state index in [4.69, 9.17) is 0 Å². The van der Waals surface area contributed by atoms with Crippen LogP contribution in [0.25, 0.3) is 0 Å². The molecule has 1 rings (SSSR count). The SMILES string of the molecule is COC(=O)C1CCCC1S(=O)(=O)N(C)CC(F)(F)F. The molecule has 2 atom stereocenters. The van der Waals surface area contributed by atoms with Gasteiger partial charge in [-0.25, -0.2) is 8.42 Å². The molecule has 19 heavy (non-hydrogen) atoms. The van der Waals surface area contributed by atoms with Gasteiger partial charge in [0, 0.05) is 7.05 Å². The molecule has 0 aliphatic heterocycles. The van der Waals surface area contributed by atoms with Gasteiger partial charge in [0.05, 0.1) is 18.3 Å². The first-order valence-electron chi connectivity index (χ1n) is 5.69. The number of esters is 1. The smallest absolute Gasteiger partial charge is 0.402 e. The van der Waals surface area contributed by atoms with Crippen LogP contribution in [-0.2, 0) is 19.6 Å². The van der Waals surface area contributed by atoms with E-state index in [1.165, 1.54) is 0 Å². The summed E-state index contributed by atoms with van der Waals surface area (Å²) in [5.74, 6) is -1.57. The summed E-state index contributed by atoms with van der Waals surface area (Å²) >= 11 is 0. The maximum atomic E-state index is 12.2. The standard InChI is InChI=1S/C10H16F3NO4S/c1-14(6-10(11,12)13)19(16,17)8-5-3-4-7(8)9(15)18-2/h7-8H,3-6H2,1-2H3. The van der Waals surface area contributed by atoms with Crippen LogP contribution >= 0.6 is 0 Å². The van der Waals surface area contributed by atoms with Gasteiger partial charge in [0.2, 0.25) is 10.0 Å². The zero-order valence-corrected chi connectivity index (χ0v) is 11.4. The minimum absolute atomic E-state index is 0.171. The number of rotatable bonds is 4. The van der Waals surface area contributed by atoms with Crippen molar-refractivity contribution in [2.45, 2.75) is 30.7 Å². The largest absolute Gasteiger partial charge is 0.469 e. The van der Waals surface area contributed by atoms with Crippen molar-refractivity contribution in [2.24, 2.45) is 5.92 Å². The lowest BCUT2D eigenvalue weighted by atomic mass is 10.1. The van der Waals surface area contributed by atoms with Crippen molar-refractivity contribution in [3.05, 3.63) is 0 Å². The molecule has 1 fully saturated rings. The Balaban J connectivity index is 2.90. The molecule has 0 saturated heterocycles. The molecule has 1 aliphatic carbocycles. The Kier molecular flexibility index (Phi) is 4.83. The van der Waals surface area contributed by atoms with Crippen molar-refractivity contribution in [2.75, 3.05) is 20.7 Å². The van der Waals surface area contributed by atoms with Gasteiger partial charge in [-0.15, -0.1) is 0 Å². The van der Waals surface area contributed by atoms with Crippen molar-refractivity contribution in [1.29, 1.82) is 0 Å². The van der Waals surface area contributed by atoms with E-state index in [2.05, 4.69) is 4.74 Å². The topological polar surface area (TPSA) is 63.7 Å². The van der Waals surface area contributed by atoms with E-state index in [1.807, 2.05) is 0 Å². The fraction of sp³-hybridized carbons (Fsp3) is 0.900. The molecule has 0 N–H and O–H groups in total. The number of carbonyl (C=O) groups is 1. The van der Waals surface area contributed by atoms with Crippen LogP contribution in [0.5, 0.6) is 0 Å². The number of nitrogens with zero attached hydrogens (tertiary/aromatic N) is 1. The van der Waals surface area contributed by atoms with Crippen LogP contribution in [0.1, 0.15) is 19.3 Å². The van der Waals surface area contributed by atoms with E-state index in [1.54, 1.807) is 0 Å². The number of carbonyl (C=O) groups excluding carboxylic acids is 1. The second-order valence-corrected chi connectivity index (χ2v) is 6.77. The van der Waals surface area contributed by atoms with E-state index < -0.39 is 39.9 Å². The monoisotopic (exact) mass is 303 g/mol. The fourth-order valence-electron chi connectivity index (χ4n) is 2.28. The Morgan fingerprint density at radius 2 is 1.95 bits per heavy atom. The van der Waals surface area contributed by atoms with Crippen molar-refractivity contribution >= 4 is 16.0 Å². The van der Waals surface area contributed by atoms with Crippen molar-refractivity contribution in [1.82, 2.24) is 4.31 Å². The van der Waals surface area contributed by atoms with Crippen LogP contribution in [0.4, 0.5) is 13.2 Å². The van der Waals surface area contributed by atoms with Crippen LogP contribution in [-0.4, -0.2) is 50.8 Å². The molecule has 0 aromatic carbocycles. The van der Waals surface area contributed by atoms with Crippen LogP contribution in [0, 0.1) is 5.92 Å². The number of hydrogen-bond acceptors (Lipinski definition) is 4. The number of sulfonamides is 1. The van der Waals surface area contributed by atoms with Gasteiger partial charge < -0.3 is 4.74 Å². The predicted molar refractivity (Wildman–Crippen MR) is 60.7 cm³/mol. The van der Waals surface area contributed by atoms with Gasteiger partial charge in [-0.3, -0.25) is 4.79 Å². The Labute approximate surface area is 109 Å². The first-order chi connectivity index (χ1) is 8.59. The third-order valence-electron chi connectivity index (χ3n) is 3.18. The summed E-state index contributed by atoms with van der Waals surface area (Å²) in [6.45, 7) is -1.56. The summed E-state index contributed by atoms with van der Waals surface area (Å²) in [6.07, 6.45) is -3.65. The number of ether oxygens (including phenoxy) is 1. The Hall–Kier alpha value is -0.830. The van der Waals surface area contributed by atoms with Crippen molar-refractivity contribution in [3.8, 4) is 0 Å². The quantitative estimate of drug-likeness (QED) is 0.731. The highest BCUT2D eigenvalue weighted by Gasteiger charge is 2.46. The third-order valence-corrected chi connectivity index (χ3v) is 5.50. The molecule has 0 amide bonds. The molecule has 0 aromatic heterocycles. The molecule has 0 bridgehead atoms. The van der Waals surface area contributed by atoms with E-state index in [-0.39, 0.29) is 10.7 Å². The highest BCUT2D eigenvalue weighted by molar-refractivity contribution is 7.89. The maximum absolute atomic E-state index is 12.2. The number of methoxy groups -OCH3 is 1. The van der Waals surface area contributed by atoms with E-state index in [0.717, 1.165) is 14.2 Å². The molecule has 112 valence electrons. The second-order valence-electron chi connectivity index (χ2n) is 4.52. The molecular weight excluding hydrogens is 287 g/mol. The number of halogens is 3. The summed E-state index contributed by atoms with van der Waals surface area (Å²) in [5.41, 5.74) is 0. The van der Waals surface area contributed by atoms with Crippen LogP contribution in [0.2, 0.25) is 0 Å². The highest BCUT2D eigenvalue weighted by atomic mass is 32.2. The molecule has 1 aliphatic rings. The van der Waals surface area contributed by atoms with Gasteiger partial charge in [0.25, 0.3) is 0 Å². The second kappa shape index (κ2) is 5.66. The third kappa shape index (κ3) is 3.82. The van der Waals surface area contributed by atoms with Crippen LogP contribution < -0.4 is 0 Å². The Morgan fingerprint density at radius 3 is 2.42 bits per heavy atom. The van der Waals surface area contributed by atoms with Gasteiger partial charge in [-0.05, 0) is 12.8 Å². The molecule has 0 aromatic rings. The highest BCUT2D eigenvalue weighted by Crippen LogP contribution is 2.34. The normalized spacial score (nSPS) is 24.7. The summed E-state index contributed by atoms with van der Waals surface area (Å²) in [4.78, 5) is 11.5. The molecular formula is C10H16F3NO4S. The molecule has 5 nitrogen and oxygen atoms in total. The maximum Gasteiger partial charge on any atom is 0.402 e. The van der Waals surface area contributed by atoms with Crippen molar-refractivity contribution in [3.63, 3.8) is 0 Å². The lowest BCUT2D eigenvalue weighted by Crippen LogP contribution is -2.44. The lowest BCUT2D eigenvalue weighted by molar-refractivity contribution is -0.145. The van der Waals surface area contributed by atoms with Gasteiger partial charge in [0.1, 0.15) is 6.54 Å². The first-order valence-corrected chi connectivity index (χ1v) is 7.19. The fourth-order valence-corrected chi connectivity index (χ4v) is 4.19. The van der Waals surface area contributed by atoms with E-state index in [9.17, 15) is 26.4 Å². The summed E-state index contributed by atoms with van der Waals surface area (Å²) in [7, 11) is -2.16. The molecule has 9 heteroatoms. The van der Waals surface area contributed by atoms with Gasteiger partial charge in [-0.1, -0.05) is 6.42 Å². The predicted octanol–water partition coefficient (Wildman–Crippen LogP) is 1.15. The van der Waals surface area contributed by atoms with Gasteiger partial charge in [-0.2, -0.15) is 17.5 Å². The zero-order valence-electron chi connectivity index (χ0n) is 10.6. The van der Waals surface area contributed by atoms with Crippen LogP contribution in [0.15, 0.2) is 0 Å². The Morgan fingerprint density at radius 1 is 1.37 bits per heavy atom. The zero-order chi connectivity index (χ0) is 14.8. The molecule has 1 saturated carbocycles. The molecule has 0 spiro atoms. The van der Waals surface area contributed by atoms with Crippen LogP contribution in [0.3, 0.4) is 0 Å². The summed E-state index contributed by atoms with van der Waals surface area (Å²) in [6, 6.07) is 0. The molecule has 2 unspecified atom stereocenters. The average Bonchev–Trinajstić information content (AvgIpc) is 2.74. The summed E-state index contributed by atoms with van der Waals surface area (Å²) in [5, 5.41) is -1.13. The van der Waals surface area contributed by atoms with Gasteiger partial charge in [0.15, 0.2) is 0 Å². The molecule has 0 heterocycles. The van der Waals surface area contributed by atoms with Crippen molar-refractivity contribution < 1.29 is 31.1 Å². The number of hydrogen-bond donors (Lipinski definition) is 0.